The molecule has 0 bridgehead atoms. The summed E-state index contributed by atoms with van der Waals surface area (Å²) in [4.78, 5) is 24.9. The second-order valence-electron chi connectivity index (χ2n) is 13.5. The largest absolute Gasteiger partial charge is 0.756 e. The van der Waals surface area contributed by atoms with Crippen LogP contribution in [-0.4, -0.2) is 70.7 Å². The van der Waals surface area contributed by atoms with Gasteiger partial charge >= 0.3 is 5.97 Å². The van der Waals surface area contributed by atoms with E-state index in [-0.39, 0.29) is 26.2 Å². The van der Waals surface area contributed by atoms with Gasteiger partial charge in [-0.15, -0.1) is 0 Å². The lowest BCUT2D eigenvalue weighted by Gasteiger charge is -2.28. The highest BCUT2D eigenvalue weighted by Crippen LogP contribution is 2.38. The van der Waals surface area contributed by atoms with Crippen LogP contribution in [0.3, 0.4) is 0 Å². The first-order valence-electron chi connectivity index (χ1n) is 19.0. The standard InChI is InChI=1S/C40H72NO7P/c1-6-8-10-12-14-16-18-20-22-24-26-28-30-32-35-45-37-39(38-47-49(43,44)46-36-34-41(3,4)5)48-40(42)33-31-29-27-25-23-21-19-17-15-13-11-9-7-2/h9,11,15-18,21,23,27,29,39H,6-8,10,12-14,19-20,22,24-26,28,30-38H2,1-5H3/b11-9-,17-15-,18-16-,23-21-,29-27-. The molecule has 0 aromatic carbocycles. The highest BCUT2D eigenvalue weighted by Gasteiger charge is 2.20. The van der Waals surface area contributed by atoms with Gasteiger partial charge in [0, 0.05) is 13.0 Å². The molecular formula is C40H72NO7P. The maximum absolute atomic E-state index is 12.6. The summed E-state index contributed by atoms with van der Waals surface area (Å²) in [5, 5.41) is 0. The number of phosphoric ester groups is 1. The zero-order valence-corrected chi connectivity index (χ0v) is 32.8. The molecule has 0 aliphatic carbocycles. The Kier molecular flexibility index (Phi) is 32.1. The topological polar surface area (TPSA) is 94.1 Å². The van der Waals surface area contributed by atoms with E-state index in [2.05, 4.69) is 62.5 Å². The highest BCUT2D eigenvalue weighted by molar-refractivity contribution is 7.45. The van der Waals surface area contributed by atoms with E-state index in [1.54, 1.807) is 0 Å². The molecule has 0 saturated heterocycles. The number of esters is 1. The summed E-state index contributed by atoms with van der Waals surface area (Å²) < 4.78 is 34.3. The fourth-order valence-electron chi connectivity index (χ4n) is 4.61. The fourth-order valence-corrected chi connectivity index (χ4v) is 5.34. The predicted octanol–water partition coefficient (Wildman–Crippen LogP) is 9.97. The van der Waals surface area contributed by atoms with Crippen LogP contribution in [0.15, 0.2) is 60.8 Å². The normalized spacial score (nSPS) is 14.7. The first-order valence-corrected chi connectivity index (χ1v) is 20.5. The van der Waals surface area contributed by atoms with Crippen molar-refractivity contribution in [3.63, 3.8) is 0 Å². The number of carbonyl (C=O) groups excluding carboxylic acids is 1. The van der Waals surface area contributed by atoms with Crippen LogP contribution in [0.25, 0.3) is 0 Å². The van der Waals surface area contributed by atoms with Gasteiger partial charge in [-0.2, -0.15) is 0 Å². The van der Waals surface area contributed by atoms with E-state index in [1.807, 2.05) is 33.3 Å². The molecule has 284 valence electrons. The van der Waals surface area contributed by atoms with Gasteiger partial charge in [0.15, 0.2) is 0 Å². The number of quaternary nitrogens is 1. The van der Waals surface area contributed by atoms with Gasteiger partial charge in [-0.05, 0) is 64.2 Å². The van der Waals surface area contributed by atoms with Gasteiger partial charge in [-0.1, -0.05) is 120 Å². The molecule has 0 heterocycles. The molecule has 0 fully saturated rings. The molecular weight excluding hydrogens is 637 g/mol. The van der Waals surface area contributed by atoms with E-state index in [4.69, 9.17) is 18.5 Å². The Morgan fingerprint density at radius 3 is 1.78 bits per heavy atom. The van der Waals surface area contributed by atoms with E-state index < -0.39 is 19.9 Å². The molecule has 0 saturated carbocycles. The Balaban J connectivity index is 4.44. The van der Waals surface area contributed by atoms with Crippen molar-refractivity contribution in [2.24, 2.45) is 0 Å². The number of rotatable bonds is 34. The Labute approximate surface area is 300 Å². The van der Waals surface area contributed by atoms with E-state index >= 15 is 0 Å². The number of allylic oxidation sites excluding steroid dienone is 10. The maximum Gasteiger partial charge on any atom is 0.306 e. The van der Waals surface area contributed by atoms with Crippen molar-refractivity contribution in [3.05, 3.63) is 60.8 Å². The third kappa shape index (κ3) is 37.3. The zero-order valence-electron chi connectivity index (χ0n) is 31.9. The SMILES string of the molecule is CC/C=C\C/C=C\C/C=C\C/C=C\CCC(=O)OC(COCCCCCCCC/C=C\CCCCCC)COP(=O)([O-])OCC[N+](C)(C)C. The Morgan fingerprint density at radius 1 is 0.653 bits per heavy atom. The molecule has 0 N–H and O–H groups in total. The Bertz CT molecular complexity index is 968. The van der Waals surface area contributed by atoms with Crippen LogP contribution < -0.4 is 4.89 Å². The molecule has 0 spiro atoms. The molecule has 0 aliphatic heterocycles. The second-order valence-corrected chi connectivity index (χ2v) is 15.0. The Hall–Kier alpha value is -1.80. The summed E-state index contributed by atoms with van der Waals surface area (Å²) in [5.41, 5.74) is 0. The lowest BCUT2D eigenvalue weighted by molar-refractivity contribution is -0.870. The van der Waals surface area contributed by atoms with Crippen LogP contribution in [0.5, 0.6) is 0 Å². The molecule has 9 heteroatoms. The smallest absolute Gasteiger partial charge is 0.306 e. The van der Waals surface area contributed by atoms with Crippen molar-refractivity contribution in [1.82, 2.24) is 0 Å². The number of hydrogen-bond donors (Lipinski definition) is 0. The molecule has 0 aromatic heterocycles. The second kappa shape index (κ2) is 33.3. The van der Waals surface area contributed by atoms with Gasteiger partial charge < -0.3 is 27.9 Å². The number of phosphoric acid groups is 1. The molecule has 2 atom stereocenters. The van der Waals surface area contributed by atoms with Crippen molar-refractivity contribution in [2.45, 2.75) is 136 Å². The summed E-state index contributed by atoms with van der Waals surface area (Å²) in [6.07, 6.45) is 39.6. The number of likely N-dealkylation sites (N-methyl/N-ethyl adjacent to an activating group) is 1. The average molecular weight is 710 g/mol. The first kappa shape index (κ1) is 47.2. The molecule has 8 nitrogen and oxygen atoms in total. The van der Waals surface area contributed by atoms with Crippen LogP contribution >= 0.6 is 7.82 Å². The Morgan fingerprint density at radius 2 is 1.18 bits per heavy atom. The van der Waals surface area contributed by atoms with Gasteiger partial charge in [0.2, 0.25) is 0 Å². The number of nitrogens with zero attached hydrogens (tertiary/aromatic N) is 1. The fraction of sp³-hybridized carbons (Fsp3) is 0.725. The highest BCUT2D eigenvalue weighted by atomic mass is 31.2. The molecule has 0 rings (SSSR count). The van der Waals surface area contributed by atoms with Gasteiger partial charge in [-0.25, -0.2) is 0 Å². The number of hydrogen-bond acceptors (Lipinski definition) is 7. The third-order valence-corrected chi connectivity index (χ3v) is 8.53. The molecule has 0 radical (unpaired) electrons. The summed E-state index contributed by atoms with van der Waals surface area (Å²) in [6.45, 7) is 5.14. The van der Waals surface area contributed by atoms with Crippen molar-refractivity contribution >= 4 is 13.8 Å². The molecule has 0 amide bonds. The number of ether oxygens (including phenoxy) is 2. The third-order valence-electron chi connectivity index (χ3n) is 7.57. The van der Waals surface area contributed by atoms with Gasteiger partial charge in [0.1, 0.15) is 19.3 Å². The minimum absolute atomic E-state index is 0.00985. The minimum atomic E-state index is -4.54. The van der Waals surface area contributed by atoms with E-state index in [1.165, 1.54) is 57.8 Å². The molecule has 49 heavy (non-hydrogen) atoms. The van der Waals surface area contributed by atoms with Crippen molar-refractivity contribution in [1.29, 1.82) is 0 Å². The van der Waals surface area contributed by atoms with E-state index in [0.29, 0.717) is 24.1 Å². The van der Waals surface area contributed by atoms with Gasteiger partial charge in [0.05, 0.1) is 34.4 Å². The molecule has 0 aliphatic rings. The van der Waals surface area contributed by atoms with Crippen LogP contribution in [0.1, 0.15) is 129 Å². The van der Waals surface area contributed by atoms with Gasteiger partial charge in [0.25, 0.3) is 7.82 Å². The zero-order chi connectivity index (χ0) is 36.3. The van der Waals surface area contributed by atoms with E-state index in [9.17, 15) is 14.3 Å². The summed E-state index contributed by atoms with van der Waals surface area (Å²) >= 11 is 0. The van der Waals surface area contributed by atoms with Crippen molar-refractivity contribution in [2.75, 3.05) is 54.1 Å². The number of unbranched alkanes of at least 4 members (excludes halogenated alkanes) is 10. The minimum Gasteiger partial charge on any atom is -0.756 e. The van der Waals surface area contributed by atoms with Crippen LogP contribution in [0.2, 0.25) is 0 Å². The predicted molar refractivity (Wildman–Crippen MR) is 203 cm³/mol. The average Bonchev–Trinajstić information content (AvgIpc) is 3.04. The lowest BCUT2D eigenvalue weighted by atomic mass is 10.1. The summed E-state index contributed by atoms with van der Waals surface area (Å²) in [6, 6.07) is 0. The van der Waals surface area contributed by atoms with Gasteiger partial charge in [-0.3, -0.25) is 9.36 Å². The lowest BCUT2D eigenvalue weighted by Crippen LogP contribution is -2.37. The molecule has 0 aromatic rings. The number of carbonyl (C=O) groups is 1. The van der Waals surface area contributed by atoms with Crippen LogP contribution in [0.4, 0.5) is 0 Å². The quantitative estimate of drug-likeness (QED) is 0.0216. The summed E-state index contributed by atoms with van der Waals surface area (Å²) in [7, 11) is 1.30. The van der Waals surface area contributed by atoms with Crippen molar-refractivity contribution < 1.29 is 37.3 Å². The van der Waals surface area contributed by atoms with Crippen LogP contribution in [-0.2, 0) is 27.9 Å². The molecule has 2 unspecified atom stereocenters. The van der Waals surface area contributed by atoms with E-state index in [0.717, 1.165) is 44.9 Å². The monoisotopic (exact) mass is 710 g/mol. The summed E-state index contributed by atoms with van der Waals surface area (Å²) in [5.74, 6) is -0.419. The van der Waals surface area contributed by atoms with Crippen molar-refractivity contribution in [3.8, 4) is 0 Å². The van der Waals surface area contributed by atoms with Crippen LogP contribution in [0, 0.1) is 0 Å². The first-order chi connectivity index (χ1) is 23.6. The maximum atomic E-state index is 12.6.